The first-order valence-electron chi connectivity index (χ1n) is 4.14. The van der Waals surface area contributed by atoms with Gasteiger partial charge >= 0.3 is 0 Å². The molecule has 0 aromatic carbocycles. The lowest BCUT2D eigenvalue weighted by Crippen LogP contribution is -2.32. The molecule has 0 aromatic rings. The van der Waals surface area contributed by atoms with E-state index in [0.29, 0.717) is 6.04 Å². The van der Waals surface area contributed by atoms with Crippen molar-refractivity contribution in [2.24, 2.45) is 5.92 Å². The van der Waals surface area contributed by atoms with Crippen molar-refractivity contribution in [2.75, 3.05) is 6.73 Å². The molecule has 1 saturated carbocycles. The quantitative estimate of drug-likeness (QED) is 0.583. The van der Waals surface area contributed by atoms with Gasteiger partial charge in [-0.05, 0) is 31.6 Å². The maximum Gasteiger partial charge on any atom is 0.133 e. The molecule has 1 aliphatic carbocycles. The van der Waals surface area contributed by atoms with Crippen LogP contribution in [0.1, 0.15) is 32.6 Å². The number of hydrogen-bond acceptors (Lipinski definition) is 1. The predicted molar refractivity (Wildman–Crippen MR) is 40.1 cm³/mol. The first-order chi connectivity index (χ1) is 4.83. The molecule has 1 N–H and O–H groups in total. The Bertz CT molecular complexity index is 87.3. The molecule has 2 heteroatoms. The zero-order valence-corrected chi connectivity index (χ0v) is 6.60. The maximum absolute atomic E-state index is 10.2. The van der Waals surface area contributed by atoms with Gasteiger partial charge in [-0.1, -0.05) is 6.92 Å². The zero-order valence-electron chi connectivity index (χ0n) is 6.60. The average Bonchev–Trinajstić information content (AvgIpc) is 1.95. The van der Waals surface area contributed by atoms with Gasteiger partial charge in [-0.2, -0.15) is 0 Å². The Hall–Kier alpha value is -0.0800. The van der Waals surface area contributed by atoms with Crippen LogP contribution >= 0.6 is 0 Å². The Labute approximate surface area is 62.6 Å². The summed E-state index contributed by atoms with van der Waals surface area (Å²) < 4.78 is 0. The van der Waals surface area contributed by atoms with Gasteiger partial charge in [0.15, 0.2) is 0 Å². The highest BCUT2D eigenvalue weighted by atomic mass is 16.3. The number of nitrogens with one attached hydrogen (secondary N) is 1. The summed E-state index contributed by atoms with van der Waals surface area (Å²) in [5, 5.41) is 13.1. The van der Waals surface area contributed by atoms with Gasteiger partial charge in [0.25, 0.3) is 0 Å². The zero-order chi connectivity index (χ0) is 7.40. The second kappa shape index (κ2) is 3.94. The lowest BCUT2D eigenvalue weighted by Gasteiger charge is -2.25. The van der Waals surface area contributed by atoms with Crippen LogP contribution in [0.4, 0.5) is 0 Å². The Morgan fingerprint density at radius 1 is 1.30 bits per heavy atom. The summed E-state index contributed by atoms with van der Waals surface area (Å²) in [6.45, 7) is 2.17. The van der Waals surface area contributed by atoms with E-state index in [9.17, 15) is 5.11 Å². The highest BCUT2D eigenvalue weighted by Crippen LogP contribution is 2.22. The predicted octanol–water partition coefficient (Wildman–Crippen LogP) is 1.54. The second-order valence-electron chi connectivity index (χ2n) is 3.31. The summed E-state index contributed by atoms with van der Waals surface area (Å²) in [7, 11) is 0. The molecule has 0 spiro atoms. The first-order valence-corrected chi connectivity index (χ1v) is 4.14. The molecule has 10 heavy (non-hydrogen) atoms. The number of hydrogen-bond donors (Lipinski definition) is 1. The molecule has 1 aliphatic rings. The van der Waals surface area contributed by atoms with Crippen molar-refractivity contribution >= 4 is 0 Å². The Morgan fingerprint density at radius 3 is 2.40 bits per heavy atom. The largest absolute Gasteiger partial charge is 0.289 e. The van der Waals surface area contributed by atoms with Crippen LogP contribution in [0.25, 0.3) is 0 Å². The number of rotatable bonds is 2. The molecule has 1 radical (unpaired) electrons. The van der Waals surface area contributed by atoms with E-state index >= 15 is 0 Å². The molecule has 1 rings (SSSR count). The van der Waals surface area contributed by atoms with Gasteiger partial charge in [0.05, 0.1) is 0 Å². The lowest BCUT2D eigenvalue weighted by atomic mass is 9.87. The Balaban J connectivity index is 2.13. The molecule has 0 unspecified atom stereocenters. The van der Waals surface area contributed by atoms with Crippen molar-refractivity contribution in [1.82, 2.24) is 5.32 Å². The van der Waals surface area contributed by atoms with Gasteiger partial charge in [0.2, 0.25) is 0 Å². The monoisotopic (exact) mass is 142 g/mol. The van der Waals surface area contributed by atoms with Gasteiger partial charge in [-0.15, -0.1) is 0 Å². The average molecular weight is 142 g/mol. The van der Waals surface area contributed by atoms with Gasteiger partial charge in [0.1, 0.15) is 6.73 Å². The lowest BCUT2D eigenvalue weighted by molar-refractivity contribution is 0.141. The third-order valence-electron chi connectivity index (χ3n) is 2.39. The summed E-state index contributed by atoms with van der Waals surface area (Å²) in [5.74, 6) is 0.879. The van der Waals surface area contributed by atoms with Crippen LogP contribution in [-0.4, -0.2) is 12.8 Å². The van der Waals surface area contributed by atoms with Crippen LogP contribution in [0.15, 0.2) is 0 Å². The van der Waals surface area contributed by atoms with Crippen LogP contribution in [0, 0.1) is 5.92 Å². The van der Waals surface area contributed by atoms with E-state index in [1.807, 2.05) is 0 Å². The highest BCUT2D eigenvalue weighted by Gasteiger charge is 2.16. The van der Waals surface area contributed by atoms with Gasteiger partial charge in [-0.25, -0.2) is 5.11 Å². The van der Waals surface area contributed by atoms with E-state index in [1.54, 1.807) is 0 Å². The fourth-order valence-electron chi connectivity index (χ4n) is 1.58. The summed E-state index contributed by atoms with van der Waals surface area (Å²) in [6.07, 6.45) is 4.97. The van der Waals surface area contributed by atoms with Crippen molar-refractivity contribution in [2.45, 2.75) is 38.6 Å². The minimum atomic E-state index is -0.112. The molecule has 0 aromatic heterocycles. The third kappa shape index (κ3) is 2.27. The maximum atomic E-state index is 10.2. The molecule has 59 valence electrons. The highest BCUT2D eigenvalue weighted by molar-refractivity contribution is 4.73. The molecule has 0 amide bonds. The van der Waals surface area contributed by atoms with E-state index in [1.165, 1.54) is 25.7 Å². The van der Waals surface area contributed by atoms with Crippen molar-refractivity contribution in [3.8, 4) is 0 Å². The summed E-state index contributed by atoms with van der Waals surface area (Å²) in [6, 6.07) is 0.522. The Kier molecular flexibility index (Phi) is 3.16. The van der Waals surface area contributed by atoms with Gasteiger partial charge in [-0.3, -0.25) is 5.32 Å². The van der Waals surface area contributed by atoms with Crippen LogP contribution in [0.2, 0.25) is 0 Å². The minimum Gasteiger partial charge on any atom is -0.289 e. The molecule has 0 atom stereocenters. The normalized spacial score (nSPS) is 34.2. The van der Waals surface area contributed by atoms with Crippen molar-refractivity contribution in [3.63, 3.8) is 0 Å². The molecule has 0 aliphatic heterocycles. The van der Waals surface area contributed by atoms with Crippen LogP contribution < -0.4 is 5.32 Å². The van der Waals surface area contributed by atoms with E-state index in [0.717, 1.165) is 5.92 Å². The fourth-order valence-corrected chi connectivity index (χ4v) is 1.58. The van der Waals surface area contributed by atoms with E-state index in [-0.39, 0.29) is 6.73 Å². The van der Waals surface area contributed by atoms with Crippen molar-refractivity contribution in [3.05, 3.63) is 0 Å². The third-order valence-corrected chi connectivity index (χ3v) is 2.39. The summed E-state index contributed by atoms with van der Waals surface area (Å²) in [4.78, 5) is 0. The smallest absolute Gasteiger partial charge is 0.133 e. The van der Waals surface area contributed by atoms with Crippen LogP contribution in [-0.2, 0) is 5.11 Å². The minimum absolute atomic E-state index is 0.112. The molecular formula is C8H16NO. The van der Waals surface area contributed by atoms with Crippen molar-refractivity contribution < 1.29 is 5.11 Å². The van der Waals surface area contributed by atoms with Gasteiger partial charge < -0.3 is 0 Å². The summed E-state index contributed by atoms with van der Waals surface area (Å²) in [5.41, 5.74) is 0. The Morgan fingerprint density at radius 2 is 1.90 bits per heavy atom. The molecule has 2 nitrogen and oxygen atoms in total. The van der Waals surface area contributed by atoms with E-state index in [4.69, 9.17) is 0 Å². The summed E-state index contributed by atoms with van der Waals surface area (Å²) >= 11 is 0. The van der Waals surface area contributed by atoms with Crippen molar-refractivity contribution in [1.29, 1.82) is 0 Å². The first kappa shape index (κ1) is 8.02. The fraction of sp³-hybridized carbons (Fsp3) is 1.00. The molecule has 0 heterocycles. The van der Waals surface area contributed by atoms with Gasteiger partial charge in [0, 0.05) is 6.04 Å². The topological polar surface area (TPSA) is 31.9 Å². The van der Waals surface area contributed by atoms with Crippen LogP contribution in [0.5, 0.6) is 0 Å². The SMILES string of the molecule is C[C@H]1CC[C@H](NC[O])CC1. The molecule has 0 saturated heterocycles. The van der Waals surface area contributed by atoms with E-state index in [2.05, 4.69) is 12.2 Å². The second-order valence-corrected chi connectivity index (χ2v) is 3.31. The molecule has 0 bridgehead atoms. The van der Waals surface area contributed by atoms with E-state index < -0.39 is 0 Å². The molecule has 1 fully saturated rings. The van der Waals surface area contributed by atoms with Crippen LogP contribution in [0.3, 0.4) is 0 Å². The standard InChI is InChI=1S/C8H16NO/c1-7-2-4-8(5-3-7)9-6-10/h7-9H,2-6H2,1H3/t7-,8-. The molecular weight excluding hydrogens is 126 g/mol.